The van der Waals surface area contributed by atoms with Crippen LogP contribution in [0.5, 0.6) is 11.6 Å². The van der Waals surface area contributed by atoms with Gasteiger partial charge in [-0.25, -0.2) is 0 Å². The minimum atomic E-state index is 0.138. The van der Waals surface area contributed by atoms with Crippen LogP contribution in [-0.4, -0.2) is 66.6 Å². The summed E-state index contributed by atoms with van der Waals surface area (Å²) in [5.74, 6) is 2.83. The Morgan fingerprint density at radius 1 is 0.968 bits per heavy atom. The summed E-state index contributed by atoms with van der Waals surface area (Å²) in [5.41, 5.74) is 0.631. The molecule has 0 unspecified atom stereocenters. The highest BCUT2D eigenvalue weighted by Gasteiger charge is 2.26. The molecular weight excluding hydrogens is 394 g/mol. The van der Waals surface area contributed by atoms with Crippen LogP contribution in [0.4, 0.5) is 11.8 Å². The lowest BCUT2D eigenvalue weighted by Gasteiger charge is -2.36. The SMILES string of the molecule is C[C@H]1CN(c2nc(N3CCOC[C@@H]3C)c3ccc(Oc4ccccc4)nc3n2)CCO1. The van der Waals surface area contributed by atoms with E-state index in [0.29, 0.717) is 37.3 Å². The second kappa shape index (κ2) is 8.64. The lowest BCUT2D eigenvalue weighted by atomic mass is 10.2. The molecule has 2 saturated heterocycles. The van der Waals surface area contributed by atoms with Crippen LogP contribution in [0.3, 0.4) is 0 Å². The highest BCUT2D eigenvalue weighted by molar-refractivity contribution is 5.88. The Kier molecular flexibility index (Phi) is 5.57. The van der Waals surface area contributed by atoms with Gasteiger partial charge in [0, 0.05) is 25.7 Å². The zero-order chi connectivity index (χ0) is 21.2. The zero-order valence-electron chi connectivity index (χ0n) is 17.9. The van der Waals surface area contributed by atoms with Gasteiger partial charge in [0.25, 0.3) is 0 Å². The highest BCUT2D eigenvalue weighted by atomic mass is 16.5. The number of para-hydroxylation sites is 1. The minimum absolute atomic E-state index is 0.138. The number of hydrogen-bond donors (Lipinski definition) is 0. The summed E-state index contributed by atoms with van der Waals surface area (Å²) in [6.45, 7) is 8.55. The topological polar surface area (TPSA) is 72.8 Å². The monoisotopic (exact) mass is 421 g/mol. The third-order valence-electron chi connectivity index (χ3n) is 5.63. The Balaban J connectivity index is 1.57. The van der Waals surface area contributed by atoms with Crippen LogP contribution < -0.4 is 14.5 Å². The van der Waals surface area contributed by atoms with E-state index in [9.17, 15) is 0 Å². The molecule has 0 saturated carbocycles. The molecule has 2 fully saturated rings. The fourth-order valence-corrected chi connectivity index (χ4v) is 4.03. The van der Waals surface area contributed by atoms with Crippen molar-refractivity contribution in [3.63, 3.8) is 0 Å². The van der Waals surface area contributed by atoms with Crippen LogP contribution in [0.15, 0.2) is 42.5 Å². The Bertz CT molecular complexity index is 1050. The Hall–Kier alpha value is -2.97. The van der Waals surface area contributed by atoms with E-state index in [2.05, 4.69) is 23.6 Å². The fraction of sp³-hybridized carbons (Fsp3) is 0.435. The molecule has 0 N–H and O–H groups in total. The van der Waals surface area contributed by atoms with Gasteiger partial charge in [0.1, 0.15) is 11.6 Å². The summed E-state index contributed by atoms with van der Waals surface area (Å²) in [6, 6.07) is 13.8. The molecule has 2 aliphatic heterocycles. The van der Waals surface area contributed by atoms with Gasteiger partial charge >= 0.3 is 0 Å². The van der Waals surface area contributed by atoms with Crippen molar-refractivity contribution in [3.05, 3.63) is 42.5 Å². The molecular formula is C23H27N5O3. The van der Waals surface area contributed by atoms with Gasteiger partial charge < -0.3 is 24.0 Å². The standard InChI is InChI=1S/C23H27N5O3/c1-16-15-29-12-11-28(16)22-19-8-9-20(31-18-6-4-3-5-7-18)24-21(19)25-23(26-22)27-10-13-30-17(2)14-27/h3-9,16-17H,10-15H2,1-2H3/t16-,17-/m0/s1. The second-order valence-electron chi connectivity index (χ2n) is 8.03. The number of morpholine rings is 2. The lowest BCUT2D eigenvalue weighted by molar-refractivity contribution is 0.0526. The number of aromatic nitrogens is 3. The summed E-state index contributed by atoms with van der Waals surface area (Å²) in [6.07, 6.45) is 0.138. The molecule has 1 aromatic carbocycles. The van der Waals surface area contributed by atoms with Gasteiger partial charge in [-0.05, 0) is 32.0 Å². The number of rotatable bonds is 4. The minimum Gasteiger partial charge on any atom is -0.439 e. The van der Waals surface area contributed by atoms with Crippen LogP contribution in [0.2, 0.25) is 0 Å². The average molecular weight is 422 g/mol. The number of fused-ring (bicyclic) bond motifs is 1. The van der Waals surface area contributed by atoms with E-state index >= 15 is 0 Å². The molecule has 2 atom stereocenters. The van der Waals surface area contributed by atoms with Gasteiger partial charge in [0.15, 0.2) is 5.65 Å². The van der Waals surface area contributed by atoms with Crippen molar-refractivity contribution in [2.75, 3.05) is 49.3 Å². The third kappa shape index (κ3) is 4.26. The first-order chi connectivity index (χ1) is 15.2. The van der Waals surface area contributed by atoms with E-state index < -0.39 is 0 Å². The smallest absolute Gasteiger partial charge is 0.229 e. The van der Waals surface area contributed by atoms with Gasteiger partial charge in [-0.3, -0.25) is 0 Å². The molecule has 0 radical (unpaired) electrons. The third-order valence-corrected chi connectivity index (χ3v) is 5.63. The number of hydrogen-bond acceptors (Lipinski definition) is 8. The maximum absolute atomic E-state index is 5.96. The highest BCUT2D eigenvalue weighted by Crippen LogP contribution is 2.31. The van der Waals surface area contributed by atoms with Gasteiger partial charge in [-0.1, -0.05) is 18.2 Å². The van der Waals surface area contributed by atoms with E-state index in [1.54, 1.807) is 0 Å². The van der Waals surface area contributed by atoms with Gasteiger partial charge in [0.2, 0.25) is 11.8 Å². The molecule has 3 aromatic rings. The molecule has 0 spiro atoms. The molecule has 8 heteroatoms. The summed E-state index contributed by atoms with van der Waals surface area (Å²) in [4.78, 5) is 19.0. The average Bonchev–Trinajstić information content (AvgIpc) is 2.79. The first-order valence-corrected chi connectivity index (χ1v) is 10.8. The predicted molar refractivity (Wildman–Crippen MR) is 119 cm³/mol. The van der Waals surface area contributed by atoms with Crippen LogP contribution in [0.1, 0.15) is 13.8 Å². The lowest BCUT2D eigenvalue weighted by Crippen LogP contribution is -2.45. The van der Waals surface area contributed by atoms with E-state index in [-0.39, 0.29) is 12.1 Å². The van der Waals surface area contributed by atoms with Gasteiger partial charge in [-0.2, -0.15) is 15.0 Å². The first-order valence-electron chi connectivity index (χ1n) is 10.8. The molecule has 0 aliphatic carbocycles. The van der Waals surface area contributed by atoms with Crippen molar-refractivity contribution < 1.29 is 14.2 Å². The molecule has 4 heterocycles. The molecule has 2 aliphatic rings. The first kappa shape index (κ1) is 20.0. The normalized spacial score (nSPS) is 22.0. The Morgan fingerprint density at radius 2 is 1.84 bits per heavy atom. The van der Waals surface area contributed by atoms with Crippen LogP contribution in [0, 0.1) is 0 Å². The zero-order valence-corrected chi connectivity index (χ0v) is 17.9. The number of anilines is 2. The summed E-state index contributed by atoms with van der Waals surface area (Å²) in [7, 11) is 0. The predicted octanol–water partition coefficient (Wildman–Crippen LogP) is 3.27. The maximum Gasteiger partial charge on any atom is 0.229 e. The molecule has 5 rings (SSSR count). The van der Waals surface area contributed by atoms with E-state index in [4.69, 9.17) is 29.2 Å². The van der Waals surface area contributed by atoms with Crippen LogP contribution >= 0.6 is 0 Å². The van der Waals surface area contributed by atoms with E-state index in [0.717, 1.165) is 36.6 Å². The number of benzene rings is 1. The van der Waals surface area contributed by atoms with E-state index in [1.165, 1.54) is 0 Å². The van der Waals surface area contributed by atoms with Gasteiger partial charge in [0.05, 0.1) is 37.4 Å². The number of pyridine rings is 1. The molecule has 162 valence electrons. The molecule has 0 amide bonds. The Morgan fingerprint density at radius 3 is 2.65 bits per heavy atom. The Labute approximate surface area is 181 Å². The summed E-state index contributed by atoms with van der Waals surface area (Å²) in [5, 5.41) is 0.916. The van der Waals surface area contributed by atoms with Crippen molar-refractivity contribution in [2.45, 2.75) is 26.0 Å². The van der Waals surface area contributed by atoms with Crippen molar-refractivity contribution in [2.24, 2.45) is 0 Å². The molecule has 31 heavy (non-hydrogen) atoms. The largest absolute Gasteiger partial charge is 0.439 e. The van der Waals surface area contributed by atoms with Crippen molar-refractivity contribution in [1.29, 1.82) is 0 Å². The van der Waals surface area contributed by atoms with Crippen molar-refractivity contribution in [3.8, 4) is 11.6 Å². The molecule has 2 aromatic heterocycles. The van der Waals surface area contributed by atoms with Crippen LogP contribution in [-0.2, 0) is 9.47 Å². The quantitative estimate of drug-likeness (QED) is 0.636. The van der Waals surface area contributed by atoms with E-state index in [1.807, 2.05) is 42.5 Å². The second-order valence-corrected chi connectivity index (χ2v) is 8.03. The molecule has 8 nitrogen and oxygen atoms in total. The number of ether oxygens (including phenoxy) is 3. The maximum atomic E-state index is 5.96. The number of nitrogens with zero attached hydrogens (tertiary/aromatic N) is 5. The fourth-order valence-electron chi connectivity index (χ4n) is 4.03. The van der Waals surface area contributed by atoms with Crippen molar-refractivity contribution >= 4 is 22.8 Å². The summed E-state index contributed by atoms with van der Waals surface area (Å²) >= 11 is 0. The summed E-state index contributed by atoms with van der Waals surface area (Å²) < 4.78 is 17.3. The van der Waals surface area contributed by atoms with Crippen LogP contribution in [0.25, 0.3) is 11.0 Å². The molecule has 0 bridgehead atoms. The van der Waals surface area contributed by atoms with Gasteiger partial charge in [-0.15, -0.1) is 0 Å². The van der Waals surface area contributed by atoms with Crippen molar-refractivity contribution in [1.82, 2.24) is 15.0 Å².